The Morgan fingerprint density at radius 1 is 1.04 bits per heavy atom. The Morgan fingerprint density at radius 3 is 2.16 bits per heavy atom. The highest BCUT2D eigenvalue weighted by Crippen LogP contribution is 2.43. The van der Waals surface area contributed by atoms with Crippen molar-refractivity contribution in [3.05, 3.63) is 67.0 Å². The van der Waals surface area contributed by atoms with E-state index in [1.807, 2.05) is 0 Å². The fourth-order valence-electron chi connectivity index (χ4n) is 1.93. The summed E-state index contributed by atoms with van der Waals surface area (Å²) in [6.07, 6.45) is -5.12. The number of nitro benzene ring substituents is 2. The number of nitrogens with one attached hydrogen (secondary N) is 1. The van der Waals surface area contributed by atoms with Crippen LogP contribution < -0.4 is 5.32 Å². The molecule has 0 aliphatic heterocycles. The molecule has 0 unspecified atom stereocenters. The van der Waals surface area contributed by atoms with E-state index in [0.29, 0.717) is 6.07 Å². The summed E-state index contributed by atoms with van der Waals surface area (Å²) in [6.45, 7) is 0. The molecular weight excluding hydrogens is 374 g/mol. The maximum atomic E-state index is 13.2. The van der Waals surface area contributed by atoms with Gasteiger partial charge < -0.3 is 5.32 Å². The van der Waals surface area contributed by atoms with Crippen molar-refractivity contribution in [2.75, 3.05) is 5.32 Å². The molecule has 0 aliphatic rings. The maximum absolute atomic E-state index is 13.2. The zero-order valence-corrected chi connectivity index (χ0v) is 12.6. The smallest absolute Gasteiger partial charge is 0.349 e. The van der Waals surface area contributed by atoms with E-state index in [2.05, 4.69) is 5.32 Å². The van der Waals surface area contributed by atoms with Gasteiger partial charge in [-0.1, -0.05) is 11.6 Å². The predicted octanol–water partition coefficient (Wildman–Crippen LogP) is 5.06. The second-order valence-corrected chi connectivity index (χ2v) is 5.06. The molecule has 7 nitrogen and oxygen atoms in total. The Kier molecular flexibility index (Phi) is 4.79. The Balaban J connectivity index is 2.70. The summed E-state index contributed by atoms with van der Waals surface area (Å²) >= 11 is 5.52. The molecule has 0 saturated carbocycles. The number of rotatable bonds is 4. The lowest BCUT2D eigenvalue weighted by Crippen LogP contribution is -2.12. The molecule has 0 amide bonds. The largest absolute Gasteiger partial charge is 0.418 e. The molecule has 2 aromatic rings. The van der Waals surface area contributed by atoms with Gasteiger partial charge in [0.25, 0.3) is 11.4 Å². The van der Waals surface area contributed by atoms with Gasteiger partial charge in [-0.3, -0.25) is 20.2 Å². The van der Waals surface area contributed by atoms with Crippen molar-refractivity contribution < 1.29 is 27.4 Å². The lowest BCUT2D eigenvalue weighted by atomic mass is 10.1. The van der Waals surface area contributed by atoms with Crippen LogP contribution in [0.4, 0.5) is 40.3 Å². The summed E-state index contributed by atoms with van der Waals surface area (Å²) in [4.78, 5) is 19.4. The third-order valence-corrected chi connectivity index (χ3v) is 3.29. The minimum Gasteiger partial charge on any atom is -0.349 e. The first-order valence-electron chi connectivity index (χ1n) is 6.27. The molecule has 2 aromatic carbocycles. The average molecular weight is 380 g/mol. The van der Waals surface area contributed by atoms with Crippen LogP contribution in [0.3, 0.4) is 0 Å². The number of hydrogen-bond acceptors (Lipinski definition) is 5. The summed E-state index contributed by atoms with van der Waals surface area (Å²) in [5.74, 6) is -0.846. The van der Waals surface area contributed by atoms with Gasteiger partial charge in [-0.05, 0) is 18.2 Å². The Bertz CT molecular complexity index is 873. The minimum absolute atomic E-state index is 0.167. The van der Waals surface area contributed by atoms with Crippen molar-refractivity contribution in [3.8, 4) is 0 Å². The van der Waals surface area contributed by atoms with Crippen LogP contribution in [0.2, 0.25) is 5.02 Å². The van der Waals surface area contributed by atoms with Crippen molar-refractivity contribution in [3.63, 3.8) is 0 Å². The number of nitro groups is 2. The van der Waals surface area contributed by atoms with Gasteiger partial charge in [-0.15, -0.1) is 0 Å². The van der Waals surface area contributed by atoms with Crippen molar-refractivity contribution >= 4 is 34.4 Å². The van der Waals surface area contributed by atoms with Gasteiger partial charge in [0.1, 0.15) is 11.5 Å². The molecule has 2 rings (SSSR count). The van der Waals surface area contributed by atoms with E-state index in [0.717, 1.165) is 18.2 Å². The predicted molar refractivity (Wildman–Crippen MR) is 79.4 cm³/mol. The SMILES string of the molecule is O=[N+]([O-])c1cc([N+](=O)[O-])c(Nc2ccc(F)c(Cl)c2)c(C(F)(F)F)c1. The Labute approximate surface area is 141 Å². The first kappa shape index (κ1) is 18.4. The number of benzene rings is 2. The zero-order valence-electron chi connectivity index (χ0n) is 11.8. The molecule has 12 heteroatoms. The van der Waals surface area contributed by atoms with E-state index in [9.17, 15) is 37.8 Å². The third kappa shape index (κ3) is 3.94. The van der Waals surface area contributed by atoms with Crippen LogP contribution in [-0.4, -0.2) is 9.85 Å². The van der Waals surface area contributed by atoms with Gasteiger partial charge in [0.05, 0.1) is 26.5 Å². The molecule has 0 saturated heterocycles. The highest BCUT2D eigenvalue weighted by molar-refractivity contribution is 6.31. The van der Waals surface area contributed by atoms with Gasteiger partial charge in [-0.2, -0.15) is 13.2 Å². The summed E-state index contributed by atoms with van der Waals surface area (Å²) in [7, 11) is 0. The van der Waals surface area contributed by atoms with Crippen LogP contribution in [0.5, 0.6) is 0 Å². The van der Waals surface area contributed by atoms with E-state index in [1.54, 1.807) is 0 Å². The molecule has 0 fully saturated rings. The van der Waals surface area contributed by atoms with Gasteiger partial charge in [0.15, 0.2) is 0 Å². The Morgan fingerprint density at radius 2 is 1.68 bits per heavy atom. The fourth-order valence-corrected chi connectivity index (χ4v) is 2.12. The fraction of sp³-hybridized carbons (Fsp3) is 0.0769. The number of anilines is 2. The van der Waals surface area contributed by atoms with Crippen molar-refractivity contribution in [1.82, 2.24) is 0 Å². The van der Waals surface area contributed by atoms with Gasteiger partial charge in [-0.25, -0.2) is 4.39 Å². The van der Waals surface area contributed by atoms with E-state index >= 15 is 0 Å². The third-order valence-electron chi connectivity index (χ3n) is 3.00. The molecule has 0 bridgehead atoms. The van der Waals surface area contributed by atoms with Crippen molar-refractivity contribution in [2.24, 2.45) is 0 Å². The van der Waals surface area contributed by atoms with Crippen LogP contribution in [0.1, 0.15) is 5.56 Å². The minimum atomic E-state index is -5.12. The number of halogens is 5. The van der Waals surface area contributed by atoms with Crippen LogP contribution in [0.25, 0.3) is 0 Å². The lowest BCUT2D eigenvalue weighted by molar-refractivity contribution is -0.394. The highest BCUT2D eigenvalue weighted by Gasteiger charge is 2.39. The van der Waals surface area contributed by atoms with E-state index in [1.165, 1.54) is 0 Å². The molecule has 0 spiro atoms. The monoisotopic (exact) mass is 379 g/mol. The number of alkyl halides is 3. The molecule has 1 N–H and O–H groups in total. The highest BCUT2D eigenvalue weighted by atomic mass is 35.5. The normalized spacial score (nSPS) is 11.2. The number of non-ortho nitro benzene ring substituents is 1. The lowest BCUT2D eigenvalue weighted by Gasteiger charge is -2.15. The van der Waals surface area contributed by atoms with Crippen LogP contribution >= 0.6 is 11.6 Å². The first-order chi connectivity index (χ1) is 11.5. The van der Waals surface area contributed by atoms with Crippen LogP contribution in [0, 0.1) is 26.0 Å². The average Bonchev–Trinajstić information content (AvgIpc) is 2.49. The van der Waals surface area contributed by atoms with Crippen molar-refractivity contribution in [2.45, 2.75) is 6.18 Å². The quantitative estimate of drug-likeness (QED) is 0.455. The Hall–Kier alpha value is -2.95. The van der Waals surface area contributed by atoms with E-state index in [4.69, 9.17) is 11.6 Å². The van der Waals surface area contributed by atoms with E-state index < -0.39 is 49.5 Å². The zero-order chi connectivity index (χ0) is 18.9. The maximum Gasteiger partial charge on any atom is 0.418 e. The molecule has 25 heavy (non-hydrogen) atoms. The molecule has 132 valence electrons. The van der Waals surface area contributed by atoms with Gasteiger partial charge >= 0.3 is 6.18 Å². The molecule has 0 atom stereocenters. The van der Waals surface area contributed by atoms with Crippen LogP contribution in [-0.2, 0) is 6.18 Å². The molecule has 0 radical (unpaired) electrons. The standard InChI is InChI=1S/C13H6ClF4N3O4/c14-9-3-6(1-2-10(9)15)19-12-8(13(16,17)18)4-7(20(22)23)5-11(12)21(24)25/h1-5,19H. The van der Waals surface area contributed by atoms with Gasteiger partial charge in [0.2, 0.25) is 0 Å². The first-order valence-corrected chi connectivity index (χ1v) is 6.64. The summed E-state index contributed by atoms with van der Waals surface area (Å²) in [5, 5.41) is 23.5. The van der Waals surface area contributed by atoms with Crippen molar-refractivity contribution in [1.29, 1.82) is 0 Å². The second-order valence-electron chi connectivity index (χ2n) is 4.65. The second kappa shape index (κ2) is 6.51. The van der Waals surface area contributed by atoms with Crippen LogP contribution in [0.15, 0.2) is 30.3 Å². The van der Waals surface area contributed by atoms with Gasteiger partial charge in [0, 0.05) is 11.8 Å². The molecule has 0 heterocycles. The topological polar surface area (TPSA) is 98.3 Å². The number of nitrogens with zero attached hydrogens (tertiary/aromatic N) is 2. The summed E-state index contributed by atoms with van der Waals surface area (Å²) < 4.78 is 52.8. The molecule has 0 aromatic heterocycles. The van der Waals surface area contributed by atoms with E-state index in [-0.39, 0.29) is 11.8 Å². The number of hydrogen-bond donors (Lipinski definition) is 1. The summed E-state index contributed by atoms with van der Waals surface area (Å²) in [5.41, 5.74) is -5.07. The molecule has 0 aliphatic carbocycles. The summed E-state index contributed by atoms with van der Waals surface area (Å²) in [6, 6.07) is 3.33. The molecular formula is C13H6ClF4N3O4.